The van der Waals surface area contributed by atoms with Crippen LogP contribution in [0.4, 0.5) is 21.9 Å². The number of hydrogen-bond donors (Lipinski definition) is 4. The Balaban J connectivity index is 1.76. The molecule has 2 atom stereocenters. The summed E-state index contributed by atoms with van der Waals surface area (Å²) >= 11 is 1.59. The Morgan fingerprint density at radius 3 is 2.31 bits per heavy atom. The molecule has 0 saturated carbocycles. The zero-order chi connectivity index (χ0) is 25.2. The van der Waals surface area contributed by atoms with Crippen molar-refractivity contribution in [2.24, 2.45) is 0 Å². The summed E-state index contributed by atoms with van der Waals surface area (Å²) in [6, 6.07) is 20.4. The summed E-state index contributed by atoms with van der Waals surface area (Å²) in [7, 11) is 1.44. The van der Waals surface area contributed by atoms with E-state index in [0.717, 1.165) is 4.90 Å². The molecule has 0 saturated heterocycles. The first-order valence-electron chi connectivity index (χ1n) is 10.7. The summed E-state index contributed by atoms with van der Waals surface area (Å²) in [5, 5.41) is 15.1. The fourth-order valence-corrected chi connectivity index (χ4v) is 3.60. The Bertz CT molecular complexity index is 1170. The number of hydrogen-bond acceptors (Lipinski definition) is 7. The van der Waals surface area contributed by atoms with Crippen molar-refractivity contribution in [1.29, 1.82) is 0 Å². The standard InChI is InChI=1S/C26H27N3O5S/c1-33-23(15-16-24(31)29-22-6-4-3-5-21(22)27)25(17-7-11-19(30)12-8-17)34-26(32)28-18-9-13-20(35-2)14-10-18/h3-16,23,25,30H,27H2,1-2H3,(H,28,32)(H,29,31)/b16-15+/t23-,25-/m0/s1. The van der Waals surface area contributed by atoms with Crippen LogP contribution in [-0.4, -0.2) is 36.6 Å². The van der Waals surface area contributed by atoms with E-state index in [4.69, 9.17) is 15.2 Å². The van der Waals surface area contributed by atoms with Crippen molar-refractivity contribution in [3.8, 4) is 5.75 Å². The van der Waals surface area contributed by atoms with Gasteiger partial charge in [-0.15, -0.1) is 11.8 Å². The zero-order valence-electron chi connectivity index (χ0n) is 19.3. The van der Waals surface area contributed by atoms with Gasteiger partial charge in [0.15, 0.2) is 6.10 Å². The maximum absolute atomic E-state index is 12.7. The second-order valence-electron chi connectivity index (χ2n) is 7.41. The number of nitrogen functional groups attached to an aromatic ring is 1. The van der Waals surface area contributed by atoms with Gasteiger partial charge in [-0.3, -0.25) is 10.1 Å². The molecule has 0 aliphatic heterocycles. The molecule has 0 radical (unpaired) electrons. The molecule has 5 N–H and O–H groups in total. The molecule has 0 unspecified atom stereocenters. The number of nitrogens with two attached hydrogens (primary N) is 1. The van der Waals surface area contributed by atoms with Gasteiger partial charge in [0.25, 0.3) is 0 Å². The van der Waals surface area contributed by atoms with Crippen LogP contribution in [0.2, 0.25) is 0 Å². The van der Waals surface area contributed by atoms with E-state index >= 15 is 0 Å². The molecule has 2 amide bonds. The third-order valence-corrected chi connectivity index (χ3v) is 5.76. The minimum absolute atomic E-state index is 0.0650. The van der Waals surface area contributed by atoms with Gasteiger partial charge in [0.05, 0.1) is 11.4 Å². The molecular weight excluding hydrogens is 466 g/mol. The lowest BCUT2D eigenvalue weighted by molar-refractivity contribution is -0.112. The van der Waals surface area contributed by atoms with Gasteiger partial charge in [0.1, 0.15) is 11.9 Å². The van der Waals surface area contributed by atoms with Gasteiger partial charge in [-0.05, 0) is 66.4 Å². The van der Waals surface area contributed by atoms with E-state index in [1.54, 1.807) is 60.3 Å². The van der Waals surface area contributed by atoms with E-state index in [1.165, 1.54) is 31.4 Å². The van der Waals surface area contributed by atoms with E-state index in [1.807, 2.05) is 18.4 Å². The monoisotopic (exact) mass is 493 g/mol. The summed E-state index contributed by atoms with van der Waals surface area (Å²) in [4.78, 5) is 26.2. The number of nitrogens with one attached hydrogen (secondary N) is 2. The third-order valence-electron chi connectivity index (χ3n) is 5.02. The molecule has 0 bridgehead atoms. The minimum atomic E-state index is -0.906. The molecule has 35 heavy (non-hydrogen) atoms. The number of aromatic hydroxyl groups is 1. The molecule has 0 aromatic heterocycles. The zero-order valence-corrected chi connectivity index (χ0v) is 20.1. The summed E-state index contributed by atoms with van der Waals surface area (Å²) in [5.41, 5.74) is 7.93. The number of para-hydroxylation sites is 2. The molecule has 3 aromatic carbocycles. The number of rotatable bonds is 9. The summed E-state index contributed by atoms with van der Waals surface area (Å²) in [5.74, 6) is -0.358. The van der Waals surface area contributed by atoms with E-state index < -0.39 is 24.2 Å². The highest BCUT2D eigenvalue weighted by Crippen LogP contribution is 2.27. The number of amides is 2. The lowest BCUT2D eigenvalue weighted by Gasteiger charge is -2.24. The van der Waals surface area contributed by atoms with Gasteiger partial charge < -0.3 is 25.6 Å². The maximum atomic E-state index is 12.7. The number of benzene rings is 3. The Morgan fingerprint density at radius 1 is 1.00 bits per heavy atom. The van der Waals surface area contributed by atoms with Crippen LogP contribution in [0.3, 0.4) is 0 Å². The van der Waals surface area contributed by atoms with Crippen LogP contribution in [0.1, 0.15) is 11.7 Å². The van der Waals surface area contributed by atoms with Crippen molar-refractivity contribution < 1.29 is 24.2 Å². The average molecular weight is 494 g/mol. The molecule has 0 aliphatic rings. The first kappa shape index (κ1) is 25.7. The first-order chi connectivity index (χ1) is 16.9. The van der Waals surface area contributed by atoms with Crippen LogP contribution in [0, 0.1) is 0 Å². The van der Waals surface area contributed by atoms with Gasteiger partial charge in [-0.1, -0.05) is 24.3 Å². The molecule has 0 aliphatic carbocycles. The van der Waals surface area contributed by atoms with Crippen molar-refractivity contribution in [3.05, 3.63) is 90.5 Å². The van der Waals surface area contributed by atoms with Crippen LogP contribution in [-0.2, 0) is 14.3 Å². The van der Waals surface area contributed by atoms with E-state index in [2.05, 4.69) is 10.6 Å². The fraction of sp³-hybridized carbons (Fsp3) is 0.154. The molecule has 3 rings (SSSR count). The number of phenols is 1. The van der Waals surface area contributed by atoms with E-state index in [-0.39, 0.29) is 5.75 Å². The Kier molecular flexibility index (Phi) is 9.16. The number of carbonyl (C=O) groups excluding carboxylic acids is 2. The molecular formula is C26H27N3O5S. The maximum Gasteiger partial charge on any atom is 0.412 e. The first-order valence-corrected chi connectivity index (χ1v) is 11.9. The average Bonchev–Trinajstić information content (AvgIpc) is 2.86. The molecule has 0 fully saturated rings. The highest BCUT2D eigenvalue weighted by Gasteiger charge is 2.26. The van der Waals surface area contributed by atoms with Crippen LogP contribution in [0.15, 0.2) is 89.8 Å². The number of methoxy groups -OCH3 is 1. The quantitative estimate of drug-likeness (QED) is 0.184. The molecule has 8 nitrogen and oxygen atoms in total. The van der Waals surface area contributed by atoms with Gasteiger partial charge in [-0.2, -0.15) is 0 Å². The summed E-state index contributed by atoms with van der Waals surface area (Å²) in [6.07, 6.45) is 2.34. The van der Waals surface area contributed by atoms with Crippen LogP contribution in [0.25, 0.3) is 0 Å². The fourth-order valence-electron chi connectivity index (χ4n) is 3.20. The number of thioether (sulfide) groups is 1. The van der Waals surface area contributed by atoms with Crippen molar-refractivity contribution >= 4 is 40.8 Å². The number of ether oxygens (including phenoxy) is 2. The second kappa shape index (κ2) is 12.5. The molecule has 182 valence electrons. The summed E-state index contributed by atoms with van der Waals surface area (Å²) < 4.78 is 11.2. The molecule has 9 heteroatoms. The van der Waals surface area contributed by atoms with Crippen molar-refractivity contribution in [3.63, 3.8) is 0 Å². The normalized spacial score (nSPS) is 12.6. The summed E-state index contributed by atoms with van der Waals surface area (Å²) in [6.45, 7) is 0. The van der Waals surface area contributed by atoms with Crippen LogP contribution >= 0.6 is 11.8 Å². The molecule has 0 spiro atoms. The highest BCUT2D eigenvalue weighted by molar-refractivity contribution is 7.98. The SMILES string of the molecule is CO[C@@H](/C=C/C(=O)Nc1ccccc1N)[C@@H](OC(=O)Nc1ccc(SC)cc1)c1ccc(O)cc1. The van der Waals surface area contributed by atoms with E-state index in [9.17, 15) is 14.7 Å². The lowest BCUT2D eigenvalue weighted by Crippen LogP contribution is -2.27. The van der Waals surface area contributed by atoms with Crippen molar-refractivity contribution in [2.75, 3.05) is 29.7 Å². The van der Waals surface area contributed by atoms with E-state index in [0.29, 0.717) is 22.6 Å². The van der Waals surface area contributed by atoms with Crippen LogP contribution in [0.5, 0.6) is 5.75 Å². The molecule has 0 heterocycles. The third kappa shape index (κ3) is 7.53. The number of anilines is 3. The van der Waals surface area contributed by atoms with Crippen molar-refractivity contribution in [2.45, 2.75) is 17.1 Å². The predicted octanol–water partition coefficient (Wildman–Crippen LogP) is 5.20. The van der Waals surface area contributed by atoms with Gasteiger partial charge in [0.2, 0.25) is 5.91 Å². The minimum Gasteiger partial charge on any atom is -0.508 e. The Hall–Kier alpha value is -3.95. The predicted molar refractivity (Wildman–Crippen MR) is 139 cm³/mol. The second-order valence-corrected chi connectivity index (χ2v) is 8.29. The smallest absolute Gasteiger partial charge is 0.412 e. The Labute approximate surface area is 208 Å². The number of phenolic OH excluding ortho intramolecular Hbond substituents is 1. The van der Waals surface area contributed by atoms with Gasteiger partial charge >= 0.3 is 6.09 Å². The van der Waals surface area contributed by atoms with Gasteiger partial charge in [0, 0.05) is 23.8 Å². The Morgan fingerprint density at radius 2 is 1.69 bits per heavy atom. The highest BCUT2D eigenvalue weighted by atomic mass is 32.2. The number of carbonyl (C=O) groups is 2. The van der Waals surface area contributed by atoms with Crippen molar-refractivity contribution in [1.82, 2.24) is 0 Å². The topological polar surface area (TPSA) is 123 Å². The van der Waals surface area contributed by atoms with Crippen LogP contribution < -0.4 is 16.4 Å². The lowest BCUT2D eigenvalue weighted by atomic mass is 10.0. The van der Waals surface area contributed by atoms with Gasteiger partial charge in [-0.25, -0.2) is 4.79 Å². The molecule has 3 aromatic rings. The largest absolute Gasteiger partial charge is 0.508 e.